The zero-order valence-corrected chi connectivity index (χ0v) is 13.2. The second-order valence-corrected chi connectivity index (χ2v) is 5.31. The summed E-state index contributed by atoms with van der Waals surface area (Å²) in [7, 11) is 1.71. The van der Waals surface area contributed by atoms with Crippen molar-refractivity contribution < 1.29 is 4.74 Å². The maximum absolute atomic E-state index is 6.01. The Bertz CT molecular complexity index is 376. The standard InChI is InChI=1S/C13H20BrClN2O/c1-3-17(6-7-18-2)13(9-16)10-4-5-12(15)11(14)8-10/h4-5,8,13H,3,6-7,9,16H2,1-2H3. The third-order valence-electron chi connectivity index (χ3n) is 2.98. The molecule has 0 saturated heterocycles. The third kappa shape index (κ3) is 4.21. The number of likely N-dealkylation sites (N-methyl/N-ethyl adjacent to an activating group) is 1. The largest absolute Gasteiger partial charge is 0.383 e. The maximum Gasteiger partial charge on any atom is 0.0589 e. The first-order chi connectivity index (χ1) is 8.63. The molecule has 0 bridgehead atoms. The van der Waals surface area contributed by atoms with Crippen LogP contribution in [0, 0.1) is 0 Å². The number of benzene rings is 1. The van der Waals surface area contributed by atoms with Gasteiger partial charge in [0.1, 0.15) is 0 Å². The summed E-state index contributed by atoms with van der Waals surface area (Å²) in [4.78, 5) is 2.30. The van der Waals surface area contributed by atoms with Crippen molar-refractivity contribution in [2.45, 2.75) is 13.0 Å². The molecular weight excluding hydrogens is 316 g/mol. The van der Waals surface area contributed by atoms with Crippen molar-refractivity contribution in [1.29, 1.82) is 0 Å². The first-order valence-corrected chi connectivity index (χ1v) is 7.19. The molecule has 1 atom stereocenters. The number of hydrogen-bond acceptors (Lipinski definition) is 3. The summed E-state index contributed by atoms with van der Waals surface area (Å²) in [5.74, 6) is 0. The first-order valence-electron chi connectivity index (χ1n) is 6.02. The highest BCUT2D eigenvalue weighted by Gasteiger charge is 2.18. The average molecular weight is 336 g/mol. The SMILES string of the molecule is CCN(CCOC)C(CN)c1ccc(Cl)c(Br)c1. The molecule has 0 saturated carbocycles. The summed E-state index contributed by atoms with van der Waals surface area (Å²) < 4.78 is 6.04. The van der Waals surface area contributed by atoms with Gasteiger partial charge in [-0.25, -0.2) is 0 Å². The molecule has 0 aliphatic heterocycles. The molecule has 1 aromatic rings. The number of hydrogen-bond donors (Lipinski definition) is 1. The summed E-state index contributed by atoms with van der Waals surface area (Å²) in [6, 6.07) is 6.15. The van der Waals surface area contributed by atoms with Crippen molar-refractivity contribution in [3.8, 4) is 0 Å². The van der Waals surface area contributed by atoms with Crippen LogP contribution in [0.25, 0.3) is 0 Å². The molecule has 5 heteroatoms. The molecule has 0 heterocycles. The quantitative estimate of drug-likeness (QED) is 0.832. The van der Waals surface area contributed by atoms with Crippen molar-refractivity contribution in [2.75, 3.05) is 33.4 Å². The lowest BCUT2D eigenvalue weighted by Gasteiger charge is -2.30. The number of nitrogens with two attached hydrogens (primary N) is 1. The Morgan fingerprint density at radius 3 is 2.72 bits per heavy atom. The Balaban J connectivity index is 2.88. The van der Waals surface area contributed by atoms with Crippen molar-refractivity contribution in [2.24, 2.45) is 5.73 Å². The second-order valence-electron chi connectivity index (χ2n) is 4.05. The molecule has 0 amide bonds. The molecule has 0 radical (unpaired) electrons. The van der Waals surface area contributed by atoms with E-state index in [2.05, 4.69) is 27.8 Å². The molecule has 0 spiro atoms. The molecule has 102 valence electrons. The monoisotopic (exact) mass is 334 g/mol. The van der Waals surface area contributed by atoms with E-state index in [4.69, 9.17) is 22.1 Å². The molecule has 0 aromatic heterocycles. The Hall–Kier alpha value is -0.130. The fourth-order valence-corrected chi connectivity index (χ4v) is 2.47. The third-order valence-corrected chi connectivity index (χ3v) is 4.20. The zero-order valence-electron chi connectivity index (χ0n) is 10.8. The Morgan fingerprint density at radius 1 is 1.50 bits per heavy atom. The number of methoxy groups -OCH3 is 1. The molecule has 0 fully saturated rings. The molecule has 1 rings (SSSR count). The van der Waals surface area contributed by atoms with Gasteiger partial charge in [0.15, 0.2) is 0 Å². The molecule has 2 N–H and O–H groups in total. The lowest BCUT2D eigenvalue weighted by molar-refractivity contribution is 0.125. The minimum atomic E-state index is 0.193. The van der Waals surface area contributed by atoms with Crippen molar-refractivity contribution >= 4 is 27.5 Å². The Kier molecular flexibility index (Phi) is 7.19. The first kappa shape index (κ1) is 15.9. The van der Waals surface area contributed by atoms with Gasteiger partial charge in [0, 0.05) is 30.7 Å². The van der Waals surface area contributed by atoms with E-state index in [0.717, 1.165) is 22.6 Å². The van der Waals surface area contributed by atoms with Gasteiger partial charge in [0.25, 0.3) is 0 Å². The zero-order chi connectivity index (χ0) is 13.5. The molecule has 3 nitrogen and oxygen atoms in total. The Morgan fingerprint density at radius 2 is 2.22 bits per heavy atom. The van der Waals surface area contributed by atoms with Crippen LogP contribution in [0.4, 0.5) is 0 Å². The van der Waals surface area contributed by atoms with Crippen molar-refractivity contribution in [3.63, 3.8) is 0 Å². The Labute approximate surface area is 122 Å². The predicted molar refractivity (Wildman–Crippen MR) is 80.1 cm³/mol. The normalized spacial score (nSPS) is 13.0. The van der Waals surface area contributed by atoms with Gasteiger partial charge >= 0.3 is 0 Å². The van der Waals surface area contributed by atoms with Crippen LogP contribution in [0.3, 0.4) is 0 Å². The van der Waals surface area contributed by atoms with Gasteiger partial charge in [-0.3, -0.25) is 4.90 Å². The van der Waals surface area contributed by atoms with Crippen LogP contribution >= 0.6 is 27.5 Å². The van der Waals surface area contributed by atoms with Crippen LogP contribution in [-0.4, -0.2) is 38.3 Å². The smallest absolute Gasteiger partial charge is 0.0589 e. The van der Waals surface area contributed by atoms with Crippen LogP contribution in [0.5, 0.6) is 0 Å². The van der Waals surface area contributed by atoms with E-state index in [1.54, 1.807) is 7.11 Å². The summed E-state index contributed by atoms with van der Waals surface area (Å²) in [5, 5.41) is 0.717. The average Bonchev–Trinajstić information content (AvgIpc) is 2.38. The topological polar surface area (TPSA) is 38.5 Å². The van der Waals surface area contributed by atoms with Crippen molar-refractivity contribution in [1.82, 2.24) is 4.90 Å². The van der Waals surface area contributed by atoms with Crippen LogP contribution in [0.2, 0.25) is 5.02 Å². The van der Waals surface area contributed by atoms with Gasteiger partial charge in [0.05, 0.1) is 11.6 Å². The molecule has 0 aliphatic rings. The molecule has 1 aromatic carbocycles. The highest BCUT2D eigenvalue weighted by molar-refractivity contribution is 9.10. The van der Waals surface area contributed by atoms with Gasteiger partial charge in [-0.05, 0) is 40.2 Å². The fraction of sp³-hybridized carbons (Fsp3) is 0.538. The summed E-state index contributed by atoms with van der Waals surface area (Å²) in [5.41, 5.74) is 7.08. The van der Waals surface area contributed by atoms with E-state index in [1.165, 1.54) is 5.56 Å². The highest BCUT2D eigenvalue weighted by Crippen LogP contribution is 2.28. The molecule has 1 unspecified atom stereocenters. The fourth-order valence-electron chi connectivity index (χ4n) is 1.96. The summed E-state index contributed by atoms with van der Waals surface area (Å²) in [6.45, 7) is 5.22. The summed E-state index contributed by atoms with van der Waals surface area (Å²) >= 11 is 9.47. The van der Waals surface area contributed by atoms with E-state index in [0.29, 0.717) is 13.2 Å². The number of rotatable bonds is 7. The molecular formula is C13H20BrClN2O. The van der Waals surface area contributed by atoms with E-state index in [-0.39, 0.29) is 6.04 Å². The summed E-state index contributed by atoms with van der Waals surface area (Å²) in [6.07, 6.45) is 0. The molecule has 18 heavy (non-hydrogen) atoms. The van der Waals surface area contributed by atoms with Crippen LogP contribution in [0.1, 0.15) is 18.5 Å². The van der Waals surface area contributed by atoms with Crippen LogP contribution in [0.15, 0.2) is 22.7 Å². The van der Waals surface area contributed by atoms with Crippen molar-refractivity contribution in [3.05, 3.63) is 33.3 Å². The minimum Gasteiger partial charge on any atom is -0.383 e. The van der Waals surface area contributed by atoms with Crippen LogP contribution < -0.4 is 5.73 Å². The highest BCUT2D eigenvalue weighted by atomic mass is 79.9. The number of ether oxygens (including phenoxy) is 1. The lowest BCUT2D eigenvalue weighted by atomic mass is 10.1. The molecule has 0 aliphatic carbocycles. The van der Waals surface area contributed by atoms with E-state index >= 15 is 0 Å². The van der Waals surface area contributed by atoms with Gasteiger partial charge < -0.3 is 10.5 Å². The van der Waals surface area contributed by atoms with E-state index < -0.39 is 0 Å². The lowest BCUT2D eigenvalue weighted by Crippen LogP contribution is -2.36. The number of nitrogens with zero attached hydrogens (tertiary/aromatic N) is 1. The van der Waals surface area contributed by atoms with Gasteiger partial charge in [-0.2, -0.15) is 0 Å². The second kappa shape index (κ2) is 8.12. The predicted octanol–water partition coefficient (Wildman–Crippen LogP) is 3.07. The minimum absolute atomic E-state index is 0.193. The van der Waals surface area contributed by atoms with E-state index in [9.17, 15) is 0 Å². The van der Waals surface area contributed by atoms with E-state index in [1.807, 2.05) is 18.2 Å². The van der Waals surface area contributed by atoms with Crippen LogP contribution in [-0.2, 0) is 4.74 Å². The number of halogens is 2. The van der Waals surface area contributed by atoms with Gasteiger partial charge in [-0.1, -0.05) is 24.6 Å². The van der Waals surface area contributed by atoms with Gasteiger partial charge in [0.2, 0.25) is 0 Å². The maximum atomic E-state index is 6.01. The van der Waals surface area contributed by atoms with Gasteiger partial charge in [-0.15, -0.1) is 0 Å².